The second-order valence-corrected chi connectivity index (χ2v) is 5.96. The van der Waals surface area contributed by atoms with Crippen molar-refractivity contribution in [3.63, 3.8) is 0 Å². The minimum atomic E-state index is 0.0370. The number of hydrogen-bond donors (Lipinski definition) is 0. The number of benzene rings is 2. The molecule has 0 spiro atoms. The van der Waals surface area contributed by atoms with Crippen LogP contribution in [0.5, 0.6) is 0 Å². The van der Waals surface area contributed by atoms with Crippen LogP contribution in [0.25, 0.3) is 29.1 Å². The highest BCUT2D eigenvalue weighted by atomic mass is 35.5. The zero-order valence-electron chi connectivity index (χ0n) is 13.2. The topological polar surface area (TPSA) is 30.0 Å². The highest BCUT2D eigenvalue weighted by Crippen LogP contribution is 2.19. The Morgan fingerprint density at radius 2 is 1.71 bits per heavy atom. The van der Waals surface area contributed by atoms with Gasteiger partial charge >= 0.3 is 0 Å². The van der Waals surface area contributed by atoms with Crippen LogP contribution in [0.4, 0.5) is 0 Å². The molecular weight excluding hydrogens is 318 g/mol. The van der Waals surface area contributed by atoms with Crippen LogP contribution in [0.15, 0.2) is 60.7 Å². The van der Waals surface area contributed by atoms with Crippen LogP contribution >= 0.6 is 11.6 Å². The van der Waals surface area contributed by atoms with E-state index in [1.54, 1.807) is 6.08 Å². The lowest BCUT2D eigenvalue weighted by Gasteiger charge is -2.00. The number of rotatable bonds is 4. The summed E-state index contributed by atoms with van der Waals surface area (Å²) in [6.07, 6.45) is 7.35. The number of carbonyl (C=O) groups excluding carboxylic acids is 1. The summed E-state index contributed by atoms with van der Waals surface area (Å²) in [5.74, 6) is 0.0370. The lowest BCUT2D eigenvalue weighted by molar-refractivity contribution is -0.112. The molecule has 3 aromatic rings. The van der Waals surface area contributed by atoms with Gasteiger partial charge < -0.3 is 0 Å². The van der Waals surface area contributed by atoms with Gasteiger partial charge in [0.05, 0.1) is 11.2 Å². The van der Waals surface area contributed by atoms with Crippen LogP contribution < -0.4 is 0 Å². The average molecular weight is 334 g/mol. The summed E-state index contributed by atoms with van der Waals surface area (Å²) in [6, 6.07) is 17.7. The number of nitrogens with zero attached hydrogens (tertiary/aromatic N) is 1. The minimum absolute atomic E-state index is 0.0370. The van der Waals surface area contributed by atoms with E-state index in [0.717, 1.165) is 27.7 Å². The largest absolute Gasteiger partial charge is 0.295 e. The summed E-state index contributed by atoms with van der Waals surface area (Å²) in [4.78, 5) is 15.6. The Labute approximate surface area is 146 Å². The van der Waals surface area contributed by atoms with Crippen molar-refractivity contribution in [2.45, 2.75) is 6.92 Å². The van der Waals surface area contributed by atoms with Crippen molar-refractivity contribution in [3.8, 4) is 0 Å². The van der Waals surface area contributed by atoms with Crippen molar-refractivity contribution in [1.82, 2.24) is 4.98 Å². The molecule has 24 heavy (non-hydrogen) atoms. The summed E-state index contributed by atoms with van der Waals surface area (Å²) >= 11 is 6.02. The first kappa shape index (κ1) is 16.2. The monoisotopic (exact) mass is 333 g/mol. The normalized spacial score (nSPS) is 11.6. The Hall–Kier alpha value is -2.71. The van der Waals surface area contributed by atoms with Crippen LogP contribution in [0, 0.1) is 0 Å². The number of aromatic nitrogens is 1. The maximum Gasteiger partial charge on any atom is 0.152 e. The predicted octanol–water partition coefficient (Wildman–Crippen LogP) is 5.66. The van der Waals surface area contributed by atoms with Crippen LogP contribution in [0.1, 0.15) is 23.7 Å². The Balaban J connectivity index is 1.85. The Morgan fingerprint density at radius 3 is 2.50 bits per heavy atom. The van der Waals surface area contributed by atoms with Crippen molar-refractivity contribution < 1.29 is 4.79 Å². The fourth-order valence-corrected chi connectivity index (χ4v) is 2.53. The van der Waals surface area contributed by atoms with Gasteiger partial charge in [-0.2, -0.15) is 0 Å². The molecule has 0 N–H and O–H groups in total. The highest BCUT2D eigenvalue weighted by molar-refractivity contribution is 6.31. The molecule has 0 aliphatic heterocycles. The third-order valence-electron chi connectivity index (χ3n) is 3.54. The lowest BCUT2D eigenvalue weighted by Crippen LogP contribution is -1.83. The second-order valence-electron chi connectivity index (χ2n) is 5.52. The van der Waals surface area contributed by atoms with Gasteiger partial charge in [0.1, 0.15) is 0 Å². The van der Waals surface area contributed by atoms with E-state index >= 15 is 0 Å². The van der Waals surface area contributed by atoms with E-state index in [2.05, 4.69) is 4.98 Å². The predicted molar refractivity (Wildman–Crippen MR) is 102 cm³/mol. The van der Waals surface area contributed by atoms with Crippen LogP contribution in [0.2, 0.25) is 5.02 Å². The number of allylic oxidation sites excluding steroid dienone is 1. The van der Waals surface area contributed by atoms with Gasteiger partial charge in [-0.25, -0.2) is 4.98 Å². The maximum atomic E-state index is 11.0. The van der Waals surface area contributed by atoms with Crippen LogP contribution in [0.3, 0.4) is 0 Å². The van der Waals surface area contributed by atoms with E-state index in [1.165, 1.54) is 6.92 Å². The minimum Gasteiger partial charge on any atom is -0.295 e. The number of ketones is 1. The van der Waals surface area contributed by atoms with Crippen LogP contribution in [-0.2, 0) is 4.79 Å². The first-order chi connectivity index (χ1) is 11.6. The smallest absolute Gasteiger partial charge is 0.152 e. The summed E-state index contributed by atoms with van der Waals surface area (Å²) in [7, 11) is 0. The number of fused-ring (bicyclic) bond motifs is 1. The van der Waals surface area contributed by atoms with Crippen molar-refractivity contribution >= 4 is 46.5 Å². The van der Waals surface area contributed by atoms with Crippen molar-refractivity contribution in [3.05, 3.63) is 82.5 Å². The van der Waals surface area contributed by atoms with E-state index in [0.29, 0.717) is 5.02 Å². The van der Waals surface area contributed by atoms with Gasteiger partial charge in [-0.05, 0) is 54.5 Å². The molecule has 118 valence electrons. The summed E-state index contributed by atoms with van der Waals surface area (Å²) < 4.78 is 0. The second kappa shape index (κ2) is 7.24. The molecule has 0 radical (unpaired) electrons. The summed E-state index contributed by atoms with van der Waals surface area (Å²) in [5, 5.41) is 1.74. The van der Waals surface area contributed by atoms with Gasteiger partial charge in [-0.3, -0.25) is 4.79 Å². The molecular formula is C21H16ClNO. The Kier molecular flexibility index (Phi) is 4.88. The first-order valence-electron chi connectivity index (χ1n) is 7.63. The molecule has 1 aromatic heterocycles. The quantitative estimate of drug-likeness (QED) is 0.576. The number of halogens is 1. The van der Waals surface area contributed by atoms with Crippen molar-refractivity contribution in [2.75, 3.05) is 0 Å². The molecule has 2 aromatic carbocycles. The summed E-state index contributed by atoms with van der Waals surface area (Å²) in [6.45, 7) is 1.54. The van der Waals surface area contributed by atoms with Gasteiger partial charge in [0, 0.05) is 10.4 Å². The number of hydrogen-bond acceptors (Lipinski definition) is 2. The summed E-state index contributed by atoms with van der Waals surface area (Å²) in [5.41, 5.74) is 3.79. The van der Waals surface area contributed by atoms with E-state index < -0.39 is 0 Å². The molecule has 0 amide bonds. The molecule has 1 heterocycles. The van der Waals surface area contributed by atoms with E-state index in [9.17, 15) is 4.79 Å². The molecule has 0 aliphatic carbocycles. The van der Waals surface area contributed by atoms with Gasteiger partial charge in [0.15, 0.2) is 5.78 Å². The Bertz CT molecular complexity index is 957. The third-order valence-corrected chi connectivity index (χ3v) is 3.78. The highest BCUT2D eigenvalue weighted by Gasteiger charge is 1.98. The van der Waals surface area contributed by atoms with Crippen molar-refractivity contribution in [2.24, 2.45) is 0 Å². The standard InChI is InChI=1S/C21H16ClNO/c1-15(24)5-6-16-3-2-4-17(13-16)7-11-20-12-9-18-8-10-19(22)14-21(18)23-20/h2-14H,1H3. The maximum absolute atomic E-state index is 11.0. The SMILES string of the molecule is CC(=O)C=Cc1cccc(C=Cc2ccc3ccc(Cl)cc3n2)c1. The molecule has 0 fully saturated rings. The molecule has 0 bridgehead atoms. The number of pyridine rings is 1. The Morgan fingerprint density at radius 1 is 0.958 bits per heavy atom. The molecule has 2 nitrogen and oxygen atoms in total. The fourth-order valence-electron chi connectivity index (χ4n) is 2.36. The molecule has 0 saturated carbocycles. The number of carbonyl (C=O) groups is 1. The van der Waals surface area contributed by atoms with Gasteiger partial charge in [-0.15, -0.1) is 0 Å². The van der Waals surface area contributed by atoms with E-state index in [1.807, 2.05) is 72.8 Å². The molecule has 0 saturated heterocycles. The average Bonchev–Trinajstić information content (AvgIpc) is 2.58. The van der Waals surface area contributed by atoms with Crippen LogP contribution in [-0.4, -0.2) is 10.8 Å². The third kappa shape index (κ3) is 4.18. The zero-order chi connectivity index (χ0) is 16.9. The molecule has 0 unspecified atom stereocenters. The molecule has 3 heteroatoms. The molecule has 3 rings (SSSR count). The van der Waals surface area contributed by atoms with E-state index in [4.69, 9.17) is 11.6 Å². The van der Waals surface area contributed by atoms with E-state index in [-0.39, 0.29) is 5.78 Å². The lowest BCUT2D eigenvalue weighted by atomic mass is 10.1. The van der Waals surface area contributed by atoms with Gasteiger partial charge in [-0.1, -0.05) is 54.1 Å². The molecule has 0 aliphatic rings. The first-order valence-corrected chi connectivity index (χ1v) is 8.01. The fraction of sp³-hybridized carbons (Fsp3) is 0.0476. The van der Waals surface area contributed by atoms with Gasteiger partial charge in [0.2, 0.25) is 0 Å². The van der Waals surface area contributed by atoms with Gasteiger partial charge in [0.25, 0.3) is 0 Å². The zero-order valence-corrected chi connectivity index (χ0v) is 14.0. The van der Waals surface area contributed by atoms with Crippen molar-refractivity contribution in [1.29, 1.82) is 0 Å². The molecule has 0 atom stereocenters.